The highest BCUT2D eigenvalue weighted by molar-refractivity contribution is 7.10. The van der Waals surface area contributed by atoms with Crippen LogP contribution in [-0.4, -0.2) is 16.8 Å². The number of carbonyl (C=O) groups is 1. The Morgan fingerprint density at radius 3 is 2.08 bits per heavy atom. The van der Waals surface area contributed by atoms with Crippen LogP contribution < -0.4 is 5.73 Å². The van der Waals surface area contributed by atoms with Crippen LogP contribution in [0.4, 0.5) is 0 Å². The molecule has 3 nitrogen and oxygen atoms in total. The van der Waals surface area contributed by atoms with Crippen molar-refractivity contribution in [2.75, 3.05) is 0 Å². The van der Waals surface area contributed by atoms with Crippen LogP contribution in [0, 0.1) is 17.8 Å². The van der Waals surface area contributed by atoms with Gasteiger partial charge in [0.2, 0.25) is 5.91 Å². The average Bonchev–Trinajstić information content (AvgIpc) is 3.27. The monoisotopic (exact) mass is 374 g/mol. The van der Waals surface area contributed by atoms with Gasteiger partial charge < -0.3 is 10.6 Å². The summed E-state index contributed by atoms with van der Waals surface area (Å²) < 4.78 is 0. The fraction of sp³-hybridized carbons (Fsp3) is 0.550. The highest BCUT2D eigenvalue weighted by atomic mass is 32.1. The molecule has 2 aromatic heterocycles. The van der Waals surface area contributed by atoms with Crippen molar-refractivity contribution in [1.82, 2.24) is 4.90 Å². The van der Waals surface area contributed by atoms with Crippen molar-refractivity contribution in [3.05, 3.63) is 44.8 Å². The minimum absolute atomic E-state index is 0.162. The third-order valence-corrected chi connectivity index (χ3v) is 7.65. The third-order valence-electron chi connectivity index (χ3n) is 5.93. The molecule has 1 amide bonds. The van der Waals surface area contributed by atoms with E-state index in [9.17, 15) is 4.79 Å². The largest absolute Gasteiger partial charge is 0.332 e. The Hall–Kier alpha value is -1.17. The van der Waals surface area contributed by atoms with Crippen molar-refractivity contribution in [3.8, 4) is 0 Å². The van der Waals surface area contributed by atoms with Crippen LogP contribution in [0.2, 0.25) is 0 Å². The first-order valence-electron chi connectivity index (χ1n) is 9.30. The predicted octanol–water partition coefficient (Wildman–Crippen LogP) is 4.49. The van der Waals surface area contributed by atoms with Gasteiger partial charge in [-0.15, -0.1) is 22.7 Å². The van der Waals surface area contributed by atoms with Gasteiger partial charge in [-0.25, -0.2) is 0 Å². The lowest BCUT2D eigenvalue weighted by Gasteiger charge is -2.44. The summed E-state index contributed by atoms with van der Waals surface area (Å²) in [6.07, 6.45) is 5.68. The van der Waals surface area contributed by atoms with Crippen molar-refractivity contribution >= 4 is 28.6 Å². The Balaban J connectivity index is 1.50. The van der Waals surface area contributed by atoms with E-state index >= 15 is 0 Å². The highest BCUT2D eigenvalue weighted by Gasteiger charge is 2.41. The SMILES string of the molecule is NC1C2CCCC1CC(C(=O)N(Cc1cccs1)Cc1cccs1)C2. The number of nitrogens with zero attached hydrogens (tertiary/aromatic N) is 1. The van der Waals surface area contributed by atoms with Crippen molar-refractivity contribution in [2.24, 2.45) is 23.5 Å². The second kappa shape index (κ2) is 7.60. The molecule has 0 saturated heterocycles. The van der Waals surface area contributed by atoms with Crippen molar-refractivity contribution in [1.29, 1.82) is 0 Å². The Labute approximate surface area is 157 Å². The minimum Gasteiger partial charge on any atom is -0.332 e. The fourth-order valence-electron chi connectivity index (χ4n) is 4.64. The first kappa shape index (κ1) is 17.3. The molecule has 134 valence electrons. The second-order valence-electron chi connectivity index (χ2n) is 7.55. The lowest BCUT2D eigenvalue weighted by atomic mass is 9.65. The van der Waals surface area contributed by atoms with E-state index < -0.39 is 0 Å². The second-order valence-corrected chi connectivity index (χ2v) is 9.61. The minimum atomic E-state index is 0.162. The normalized spacial score (nSPS) is 28.7. The number of rotatable bonds is 5. The Morgan fingerprint density at radius 1 is 1.04 bits per heavy atom. The molecule has 2 N–H and O–H groups in total. The number of hydrogen-bond acceptors (Lipinski definition) is 4. The Bertz CT molecular complexity index is 632. The third kappa shape index (κ3) is 3.83. The molecule has 25 heavy (non-hydrogen) atoms. The molecule has 0 aliphatic heterocycles. The first-order chi connectivity index (χ1) is 12.2. The van der Waals surface area contributed by atoms with E-state index in [2.05, 4.69) is 39.9 Å². The predicted molar refractivity (Wildman–Crippen MR) is 104 cm³/mol. The molecule has 2 atom stereocenters. The summed E-state index contributed by atoms with van der Waals surface area (Å²) in [5.41, 5.74) is 6.42. The zero-order valence-electron chi connectivity index (χ0n) is 14.5. The van der Waals surface area contributed by atoms with Gasteiger partial charge in [-0.05, 0) is 60.4 Å². The van der Waals surface area contributed by atoms with E-state index in [1.54, 1.807) is 22.7 Å². The lowest BCUT2D eigenvalue weighted by molar-refractivity contribution is -0.139. The molecule has 2 heterocycles. The van der Waals surface area contributed by atoms with E-state index in [1.165, 1.54) is 29.0 Å². The van der Waals surface area contributed by atoms with Crippen LogP contribution >= 0.6 is 22.7 Å². The Kier molecular flexibility index (Phi) is 5.25. The van der Waals surface area contributed by atoms with Gasteiger partial charge in [-0.1, -0.05) is 18.6 Å². The Morgan fingerprint density at radius 2 is 1.60 bits per heavy atom. The van der Waals surface area contributed by atoms with E-state index in [0.717, 1.165) is 25.9 Å². The summed E-state index contributed by atoms with van der Waals surface area (Å²) in [6.45, 7) is 1.46. The van der Waals surface area contributed by atoms with Gasteiger partial charge in [0.05, 0.1) is 13.1 Å². The zero-order valence-corrected chi connectivity index (χ0v) is 16.1. The lowest BCUT2D eigenvalue weighted by Crippen LogP contribution is -2.49. The van der Waals surface area contributed by atoms with E-state index in [0.29, 0.717) is 23.8 Å². The molecule has 2 aromatic rings. The molecular weight excluding hydrogens is 348 g/mol. The first-order valence-corrected chi connectivity index (χ1v) is 11.1. The van der Waals surface area contributed by atoms with Gasteiger partial charge in [0.15, 0.2) is 0 Å². The number of amides is 1. The molecule has 0 aromatic carbocycles. The van der Waals surface area contributed by atoms with Crippen LogP contribution in [0.3, 0.4) is 0 Å². The quantitative estimate of drug-likeness (QED) is 0.838. The van der Waals surface area contributed by atoms with Crippen LogP contribution in [0.5, 0.6) is 0 Å². The van der Waals surface area contributed by atoms with Gasteiger partial charge in [-0.2, -0.15) is 0 Å². The van der Waals surface area contributed by atoms with Crippen molar-refractivity contribution in [2.45, 2.75) is 51.2 Å². The van der Waals surface area contributed by atoms with E-state index in [-0.39, 0.29) is 5.92 Å². The maximum Gasteiger partial charge on any atom is 0.226 e. The van der Waals surface area contributed by atoms with Gasteiger partial charge in [0.25, 0.3) is 0 Å². The summed E-state index contributed by atoms with van der Waals surface area (Å²) in [5.74, 6) is 1.60. The van der Waals surface area contributed by atoms with Gasteiger partial charge in [0.1, 0.15) is 0 Å². The summed E-state index contributed by atoms with van der Waals surface area (Å²) in [6, 6.07) is 8.71. The summed E-state index contributed by atoms with van der Waals surface area (Å²) in [7, 11) is 0. The summed E-state index contributed by atoms with van der Waals surface area (Å²) in [5, 5.41) is 4.18. The molecular formula is C20H26N2OS2. The molecule has 2 fully saturated rings. The molecule has 2 bridgehead atoms. The smallest absolute Gasteiger partial charge is 0.226 e. The van der Waals surface area contributed by atoms with Crippen LogP contribution in [0.15, 0.2) is 35.0 Å². The number of nitrogens with two attached hydrogens (primary N) is 1. The number of hydrogen-bond donors (Lipinski definition) is 1. The summed E-state index contributed by atoms with van der Waals surface area (Å²) in [4.78, 5) is 18.0. The topological polar surface area (TPSA) is 46.3 Å². The number of thiophene rings is 2. The van der Waals surface area contributed by atoms with Crippen molar-refractivity contribution < 1.29 is 4.79 Å². The maximum atomic E-state index is 13.4. The van der Waals surface area contributed by atoms with Crippen molar-refractivity contribution in [3.63, 3.8) is 0 Å². The molecule has 5 heteroatoms. The molecule has 2 aliphatic rings. The number of fused-ring (bicyclic) bond motifs is 2. The van der Waals surface area contributed by atoms with E-state index in [1.807, 2.05) is 0 Å². The molecule has 0 radical (unpaired) electrons. The maximum absolute atomic E-state index is 13.4. The van der Waals surface area contributed by atoms with E-state index in [4.69, 9.17) is 5.73 Å². The standard InChI is InChI=1S/C20H26N2OS2/c21-19-14-4-1-5-15(19)11-16(10-14)20(23)22(12-17-6-2-8-24-17)13-18-7-3-9-25-18/h2-3,6-9,14-16,19H,1,4-5,10-13,21H2. The van der Waals surface area contributed by atoms with Crippen LogP contribution in [0.1, 0.15) is 41.9 Å². The zero-order chi connectivity index (χ0) is 17.2. The number of carbonyl (C=O) groups excluding carboxylic acids is 1. The molecule has 2 unspecified atom stereocenters. The van der Waals surface area contributed by atoms with Gasteiger partial charge >= 0.3 is 0 Å². The molecule has 4 rings (SSSR count). The molecule has 2 aliphatic carbocycles. The van der Waals surface area contributed by atoms with Gasteiger partial charge in [0, 0.05) is 21.7 Å². The summed E-state index contributed by atoms with van der Waals surface area (Å²) >= 11 is 3.47. The highest BCUT2D eigenvalue weighted by Crippen LogP contribution is 2.42. The molecule has 0 spiro atoms. The fourth-order valence-corrected chi connectivity index (χ4v) is 6.08. The van der Waals surface area contributed by atoms with Crippen LogP contribution in [-0.2, 0) is 17.9 Å². The molecule has 2 saturated carbocycles. The van der Waals surface area contributed by atoms with Crippen LogP contribution in [0.25, 0.3) is 0 Å². The average molecular weight is 375 g/mol. The van der Waals surface area contributed by atoms with Gasteiger partial charge in [-0.3, -0.25) is 4.79 Å².